The first-order valence-electron chi connectivity index (χ1n) is 10.9. The van der Waals surface area contributed by atoms with Gasteiger partial charge in [0.25, 0.3) is 15.9 Å². The van der Waals surface area contributed by atoms with E-state index in [0.29, 0.717) is 36.8 Å². The van der Waals surface area contributed by atoms with Gasteiger partial charge in [0.1, 0.15) is 11.6 Å². The van der Waals surface area contributed by atoms with Crippen LogP contribution in [0.2, 0.25) is 0 Å². The second-order valence-corrected chi connectivity index (χ2v) is 9.47. The molecule has 0 spiro atoms. The fourth-order valence-electron chi connectivity index (χ4n) is 3.66. The molecule has 1 saturated heterocycles. The first-order chi connectivity index (χ1) is 16.5. The van der Waals surface area contributed by atoms with Gasteiger partial charge >= 0.3 is 0 Å². The number of hydrogen-bond donors (Lipinski definition) is 3. The Morgan fingerprint density at radius 1 is 1.09 bits per heavy atom. The Balaban J connectivity index is 1.61. The molecule has 10 heteroatoms. The van der Waals surface area contributed by atoms with Crippen molar-refractivity contribution < 1.29 is 17.9 Å². The summed E-state index contributed by atoms with van der Waals surface area (Å²) in [5.74, 6) is 0.625. The number of pyridine rings is 1. The fraction of sp³-hybridized carbons (Fsp3) is 0.250. The first kappa shape index (κ1) is 23.5. The number of aromatic nitrogens is 1. The molecule has 9 nitrogen and oxygen atoms in total. The number of carbonyl (C=O) groups excluding carboxylic acids is 1. The second kappa shape index (κ2) is 10.5. The van der Waals surface area contributed by atoms with Crippen LogP contribution < -0.4 is 25.0 Å². The molecule has 2 aromatic carbocycles. The number of amides is 1. The van der Waals surface area contributed by atoms with E-state index in [4.69, 9.17) is 4.74 Å². The number of piperazine rings is 1. The Morgan fingerprint density at radius 3 is 2.59 bits per heavy atom. The number of anilines is 2. The highest BCUT2D eigenvalue weighted by molar-refractivity contribution is 7.92. The van der Waals surface area contributed by atoms with Crippen molar-refractivity contribution in [2.24, 2.45) is 0 Å². The summed E-state index contributed by atoms with van der Waals surface area (Å²) >= 11 is 0. The van der Waals surface area contributed by atoms with Crippen molar-refractivity contribution in [2.75, 3.05) is 42.9 Å². The molecule has 1 fully saturated rings. The summed E-state index contributed by atoms with van der Waals surface area (Å²) in [6.45, 7) is 3.29. The normalized spacial score (nSPS) is 13.9. The van der Waals surface area contributed by atoms with Crippen LogP contribution in [-0.2, 0) is 16.6 Å². The van der Waals surface area contributed by atoms with Gasteiger partial charge in [-0.25, -0.2) is 13.4 Å². The Kier molecular flexibility index (Phi) is 7.29. The standard InChI is InChI=1S/C24H27N5O4S/c1-33-20-8-5-9-21(15-20)34(31,32)28-19-14-22(23(26-17-19)29-12-10-25-11-13-29)24(30)27-16-18-6-3-2-4-7-18/h2-9,14-15,17,25,28H,10-13,16H2,1H3,(H,27,30). The Morgan fingerprint density at radius 2 is 1.85 bits per heavy atom. The SMILES string of the molecule is COc1cccc(S(=O)(=O)Nc2cnc(N3CCNCC3)c(C(=O)NCc3ccccc3)c2)c1. The van der Waals surface area contributed by atoms with E-state index in [1.165, 1.54) is 31.5 Å². The fourth-order valence-corrected chi connectivity index (χ4v) is 4.73. The van der Waals surface area contributed by atoms with Gasteiger partial charge in [0.05, 0.1) is 29.5 Å². The maximum absolute atomic E-state index is 13.2. The third-order valence-corrected chi connectivity index (χ3v) is 6.81. The van der Waals surface area contributed by atoms with Crippen LogP contribution in [0.25, 0.3) is 0 Å². The third kappa shape index (κ3) is 5.64. The molecule has 0 aliphatic carbocycles. The Bertz CT molecular complexity index is 1250. The third-order valence-electron chi connectivity index (χ3n) is 5.43. The van der Waals surface area contributed by atoms with Crippen LogP contribution in [0, 0.1) is 0 Å². The molecule has 3 aromatic rings. The predicted molar refractivity (Wildman–Crippen MR) is 131 cm³/mol. The molecule has 2 heterocycles. The van der Waals surface area contributed by atoms with Crippen LogP contribution in [0.4, 0.5) is 11.5 Å². The minimum atomic E-state index is -3.91. The van der Waals surface area contributed by atoms with E-state index < -0.39 is 10.0 Å². The first-order valence-corrected chi connectivity index (χ1v) is 12.4. The topological polar surface area (TPSA) is 113 Å². The maximum atomic E-state index is 13.2. The molecule has 0 saturated carbocycles. The highest BCUT2D eigenvalue weighted by atomic mass is 32.2. The van der Waals surface area contributed by atoms with Crippen molar-refractivity contribution in [1.29, 1.82) is 0 Å². The molecule has 1 aliphatic heterocycles. The van der Waals surface area contributed by atoms with E-state index in [1.807, 2.05) is 35.2 Å². The van der Waals surface area contributed by atoms with Crippen molar-refractivity contribution in [1.82, 2.24) is 15.6 Å². The molecule has 0 atom stereocenters. The number of hydrogen-bond acceptors (Lipinski definition) is 7. The number of carbonyl (C=O) groups is 1. The van der Waals surface area contributed by atoms with Gasteiger partial charge in [-0.05, 0) is 23.8 Å². The number of benzene rings is 2. The summed E-state index contributed by atoms with van der Waals surface area (Å²) in [5.41, 5.74) is 1.47. The summed E-state index contributed by atoms with van der Waals surface area (Å²) in [6.07, 6.45) is 1.43. The largest absolute Gasteiger partial charge is 0.497 e. The summed E-state index contributed by atoms with van der Waals surface area (Å²) in [6, 6.07) is 17.3. The van der Waals surface area contributed by atoms with Crippen LogP contribution in [0.15, 0.2) is 71.8 Å². The van der Waals surface area contributed by atoms with Crippen molar-refractivity contribution >= 4 is 27.4 Å². The van der Waals surface area contributed by atoms with E-state index in [-0.39, 0.29) is 16.5 Å². The van der Waals surface area contributed by atoms with Gasteiger partial charge in [-0.1, -0.05) is 36.4 Å². The number of rotatable bonds is 8. The van der Waals surface area contributed by atoms with Crippen LogP contribution >= 0.6 is 0 Å². The number of ether oxygens (including phenoxy) is 1. The monoisotopic (exact) mass is 481 g/mol. The van der Waals surface area contributed by atoms with E-state index in [0.717, 1.165) is 18.7 Å². The minimum Gasteiger partial charge on any atom is -0.497 e. The van der Waals surface area contributed by atoms with Crippen molar-refractivity contribution in [3.8, 4) is 5.75 Å². The van der Waals surface area contributed by atoms with Crippen molar-refractivity contribution in [3.05, 3.63) is 78.0 Å². The lowest BCUT2D eigenvalue weighted by molar-refractivity contribution is 0.0951. The molecule has 4 rings (SSSR count). The molecule has 34 heavy (non-hydrogen) atoms. The van der Waals surface area contributed by atoms with Crippen LogP contribution in [-0.4, -0.2) is 52.6 Å². The zero-order chi connectivity index (χ0) is 24.0. The number of nitrogens with zero attached hydrogens (tertiary/aromatic N) is 2. The number of sulfonamides is 1. The molecule has 0 radical (unpaired) electrons. The molecule has 0 unspecified atom stereocenters. The van der Waals surface area contributed by atoms with Gasteiger partial charge in [0.15, 0.2) is 0 Å². The molecule has 1 aliphatic rings. The molecule has 178 valence electrons. The maximum Gasteiger partial charge on any atom is 0.262 e. The van der Waals surface area contributed by atoms with Gasteiger partial charge in [-0.2, -0.15) is 0 Å². The number of methoxy groups -OCH3 is 1. The van der Waals surface area contributed by atoms with Crippen molar-refractivity contribution in [3.63, 3.8) is 0 Å². The average Bonchev–Trinajstić information content (AvgIpc) is 2.88. The Labute approximate surface area is 199 Å². The number of nitrogens with one attached hydrogen (secondary N) is 3. The second-order valence-electron chi connectivity index (χ2n) is 7.78. The van der Waals surface area contributed by atoms with E-state index in [2.05, 4.69) is 20.3 Å². The molecule has 1 aromatic heterocycles. The highest BCUT2D eigenvalue weighted by Gasteiger charge is 2.22. The zero-order valence-corrected chi connectivity index (χ0v) is 19.6. The van der Waals surface area contributed by atoms with Crippen molar-refractivity contribution in [2.45, 2.75) is 11.4 Å². The summed E-state index contributed by atoms with van der Waals surface area (Å²) < 4.78 is 33.5. The van der Waals surface area contributed by atoms with E-state index in [9.17, 15) is 13.2 Å². The zero-order valence-electron chi connectivity index (χ0n) is 18.8. The lowest BCUT2D eigenvalue weighted by Gasteiger charge is -2.30. The summed E-state index contributed by atoms with van der Waals surface area (Å²) in [4.78, 5) is 19.7. The lowest BCUT2D eigenvalue weighted by Crippen LogP contribution is -2.44. The average molecular weight is 482 g/mol. The van der Waals surface area contributed by atoms with E-state index in [1.54, 1.807) is 12.1 Å². The lowest BCUT2D eigenvalue weighted by atomic mass is 10.1. The van der Waals surface area contributed by atoms with Gasteiger partial charge < -0.3 is 20.3 Å². The van der Waals surface area contributed by atoms with E-state index >= 15 is 0 Å². The predicted octanol–water partition coefficient (Wildman–Crippen LogP) is 2.23. The minimum absolute atomic E-state index is 0.0492. The highest BCUT2D eigenvalue weighted by Crippen LogP contribution is 2.25. The van der Waals surface area contributed by atoms with Gasteiger partial charge in [0.2, 0.25) is 0 Å². The van der Waals surface area contributed by atoms with Crippen LogP contribution in [0.3, 0.4) is 0 Å². The van der Waals surface area contributed by atoms with Crippen LogP contribution in [0.5, 0.6) is 5.75 Å². The van der Waals surface area contributed by atoms with Crippen LogP contribution in [0.1, 0.15) is 15.9 Å². The molecule has 0 bridgehead atoms. The Hall–Kier alpha value is -3.63. The van der Waals surface area contributed by atoms with Gasteiger partial charge in [-0.3, -0.25) is 9.52 Å². The van der Waals surface area contributed by atoms with Gasteiger partial charge in [-0.15, -0.1) is 0 Å². The molecular weight excluding hydrogens is 454 g/mol. The summed E-state index contributed by atoms with van der Waals surface area (Å²) in [5, 5.41) is 6.19. The smallest absolute Gasteiger partial charge is 0.262 e. The molecule has 3 N–H and O–H groups in total. The molecule has 1 amide bonds. The molecular formula is C24H27N5O4S. The van der Waals surface area contributed by atoms with Gasteiger partial charge in [0, 0.05) is 38.8 Å². The summed E-state index contributed by atoms with van der Waals surface area (Å²) in [7, 11) is -2.44. The quantitative estimate of drug-likeness (QED) is 0.452.